The van der Waals surface area contributed by atoms with E-state index in [0.717, 1.165) is 19.3 Å². The molecular formula is C10H19NO. The normalized spacial score (nSPS) is 14.9. The lowest BCUT2D eigenvalue weighted by molar-refractivity contribution is -0.118. The molecule has 0 heterocycles. The van der Waals surface area contributed by atoms with Crippen molar-refractivity contribution in [3.63, 3.8) is 0 Å². The standard InChI is InChI=1S/C10H19NO/c1-5-8-10(4,7-3)11-9(12)6-2/h6H,2,5,7-8H2,1,3-4H3,(H,11,12). The van der Waals surface area contributed by atoms with E-state index in [-0.39, 0.29) is 11.4 Å². The molecule has 0 aromatic carbocycles. The highest BCUT2D eigenvalue weighted by atomic mass is 16.1. The van der Waals surface area contributed by atoms with Crippen LogP contribution < -0.4 is 5.32 Å². The molecule has 0 fully saturated rings. The van der Waals surface area contributed by atoms with E-state index in [0.29, 0.717) is 0 Å². The molecule has 12 heavy (non-hydrogen) atoms. The smallest absolute Gasteiger partial charge is 0.243 e. The summed E-state index contributed by atoms with van der Waals surface area (Å²) in [5, 5.41) is 2.94. The largest absolute Gasteiger partial charge is 0.347 e. The quantitative estimate of drug-likeness (QED) is 0.628. The van der Waals surface area contributed by atoms with Crippen LogP contribution in [0.1, 0.15) is 40.0 Å². The Kier molecular flexibility index (Phi) is 4.64. The molecule has 0 radical (unpaired) electrons. The van der Waals surface area contributed by atoms with E-state index < -0.39 is 0 Å². The first-order chi connectivity index (χ1) is 5.58. The number of hydrogen-bond acceptors (Lipinski definition) is 1. The predicted octanol–water partition coefficient (Wildman–Crippen LogP) is 2.26. The fourth-order valence-corrected chi connectivity index (χ4v) is 1.23. The molecule has 0 aromatic rings. The molecule has 0 aliphatic carbocycles. The Morgan fingerprint density at radius 1 is 1.58 bits per heavy atom. The Morgan fingerprint density at radius 3 is 2.50 bits per heavy atom. The minimum absolute atomic E-state index is 0.0555. The summed E-state index contributed by atoms with van der Waals surface area (Å²) >= 11 is 0. The highest BCUT2D eigenvalue weighted by Gasteiger charge is 2.21. The molecule has 0 aliphatic heterocycles. The molecule has 0 saturated heterocycles. The molecule has 2 heteroatoms. The first kappa shape index (κ1) is 11.2. The third-order valence-corrected chi connectivity index (χ3v) is 2.19. The van der Waals surface area contributed by atoms with Crippen molar-refractivity contribution in [2.24, 2.45) is 0 Å². The molecule has 0 saturated carbocycles. The van der Waals surface area contributed by atoms with Crippen molar-refractivity contribution in [2.45, 2.75) is 45.6 Å². The van der Waals surface area contributed by atoms with Crippen molar-refractivity contribution in [3.8, 4) is 0 Å². The molecule has 0 rings (SSSR count). The minimum atomic E-state index is -0.0761. The van der Waals surface area contributed by atoms with Crippen LogP contribution in [0.3, 0.4) is 0 Å². The Balaban J connectivity index is 4.12. The summed E-state index contributed by atoms with van der Waals surface area (Å²) in [7, 11) is 0. The number of carbonyl (C=O) groups is 1. The topological polar surface area (TPSA) is 29.1 Å². The summed E-state index contributed by atoms with van der Waals surface area (Å²) in [6.45, 7) is 9.70. The summed E-state index contributed by atoms with van der Waals surface area (Å²) in [6.07, 6.45) is 4.38. The molecule has 0 spiro atoms. The highest BCUT2D eigenvalue weighted by Crippen LogP contribution is 2.15. The van der Waals surface area contributed by atoms with Crippen molar-refractivity contribution in [2.75, 3.05) is 0 Å². The van der Waals surface area contributed by atoms with Crippen molar-refractivity contribution in [3.05, 3.63) is 12.7 Å². The van der Waals surface area contributed by atoms with Crippen molar-refractivity contribution in [1.29, 1.82) is 0 Å². The summed E-state index contributed by atoms with van der Waals surface area (Å²) < 4.78 is 0. The van der Waals surface area contributed by atoms with E-state index in [1.165, 1.54) is 6.08 Å². The van der Waals surface area contributed by atoms with Crippen LogP contribution in [0.5, 0.6) is 0 Å². The maximum Gasteiger partial charge on any atom is 0.243 e. The van der Waals surface area contributed by atoms with Gasteiger partial charge in [-0.1, -0.05) is 26.8 Å². The van der Waals surface area contributed by atoms with Gasteiger partial charge in [0, 0.05) is 5.54 Å². The van der Waals surface area contributed by atoms with Gasteiger partial charge in [0.1, 0.15) is 0 Å². The second-order valence-corrected chi connectivity index (χ2v) is 3.36. The number of hydrogen-bond donors (Lipinski definition) is 1. The first-order valence-corrected chi connectivity index (χ1v) is 4.52. The van der Waals surface area contributed by atoms with Crippen LogP contribution in [0, 0.1) is 0 Å². The van der Waals surface area contributed by atoms with Crippen molar-refractivity contribution < 1.29 is 4.79 Å². The number of amides is 1. The van der Waals surface area contributed by atoms with Gasteiger partial charge in [-0.25, -0.2) is 0 Å². The SMILES string of the molecule is C=CC(=O)NC(C)(CC)CCC. The van der Waals surface area contributed by atoms with Gasteiger partial charge in [-0.05, 0) is 25.8 Å². The maximum atomic E-state index is 11.0. The third-order valence-electron chi connectivity index (χ3n) is 2.19. The van der Waals surface area contributed by atoms with Crippen LogP contribution >= 0.6 is 0 Å². The fourth-order valence-electron chi connectivity index (χ4n) is 1.23. The van der Waals surface area contributed by atoms with Crippen LogP contribution in [0.15, 0.2) is 12.7 Å². The van der Waals surface area contributed by atoms with Crippen LogP contribution in [0.25, 0.3) is 0 Å². The van der Waals surface area contributed by atoms with Gasteiger partial charge in [-0.3, -0.25) is 4.79 Å². The predicted molar refractivity (Wildman–Crippen MR) is 51.9 cm³/mol. The van der Waals surface area contributed by atoms with Crippen LogP contribution in [-0.2, 0) is 4.79 Å². The summed E-state index contributed by atoms with van der Waals surface area (Å²) in [4.78, 5) is 11.0. The second kappa shape index (κ2) is 4.96. The van der Waals surface area contributed by atoms with E-state index >= 15 is 0 Å². The molecule has 1 N–H and O–H groups in total. The zero-order valence-corrected chi connectivity index (χ0v) is 8.31. The van der Waals surface area contributed by atoms with Gasteiger partial charge in [0.05, 0.1) is 0 Å². The first-order valence-electron chi connectivity index (χ1n) is 4.52. The molecule has 0 aromatic heterocycles. The van der Waals surface area contributed by atoms with Gasteiger partial charge in [0.25, 0.3) is 0 Å². The lowest BCUT2D eigenvalue weighted by Gasteiger charge is -2.28. The van der Waals surface area contributed by atoms with Crippen molar-refractivity contribution in [1.82, 2.24) is 5.32 Å². The minimum Gasteiger partial charge on any atom is -0.347 e. The van der Waals surface area contributed by atoms with Gasteiger partial charge in [-0.2, -0.15) is 0 Å². The molecule has 1 unspecified atom stereocenters. The fraction of sp³-hybridized carbons (Fsp3) is 0.700. The average Bonchev–Trinajstić information content (AvgIpc) is 2.05. The Labute approximate surface area is 75.0 Å². The molecule has 0 aliphatic rings. The molecule has 70 valence electrons. The average molecular weight is 169 g/mol. The van der Waals surface area contributed by atoms with Crippen LogP contribution in [0.4, 0.5) is 0 Å². The number of nitrogens with one attached hydrogen (secondary N) is 1. The molecule has 1 amide bonds. The maximum absolute atomic E-state index is 11.0. The molecule has 0 bridgehead atoms. The van der Waals surface area contributed by atoms with E-state index in [2.05, 4.69) is 32.7 Å². The number of rotatable bonds is 5. The van der Waals surface area contributed by atoms with Gasteiger partial charge in [-0.15, -0.1) is 0 Å². The summed E-state index contributed by atoms with van der Waals surface area (Å²) in [5.41, 5.74) is -0.0555. The van der Waals surface area contributed by atoms with Gasteiger partial charge < -0.3 is 5.32 Å². The second-order valence-electron chi connectivity index (χ2n) is 3.36. The summed E-state index contributed by atoms with van der Waals surface area (Å²) in [5.74, 6) is -0.0761. The van der Waals surface area contributed by atoms with Gasteiger partial charge in [0.2, 0.25) is 5.91 Å². The van der Waals surface area contributed by atoms with E-state index in [1.807, 2.05) is 0 Å². The lowest BCUT2D eigenvalue weighted by Crippen LogP contribution is -2.44. The Morgan fingerprint density at radius 2 is 2.17 bits per heavy atom. The monoisotopic (exact) mass is 169 g/mol. The molecule has 2 nitrogen and oxygen atoms in total. The third kappa shape index (κ3) is 3.56. The Bertz CT molecular complexity index is 165. The van der Waals surface area contributed by atoms with E-state index in [4.69, 9.17) is 0 Å². The van der Waals surface area contributed by atoms with E-state index in [9.17, 15) is 4.79 Å². The van der Waals surface area contributed by atoms with Crippen LogP contribution in [0.2, 0.25) is 0 Å². The van der Waals surface area contributed by atoms with Gasteiger partial charge >= 0.3 is 0 Å². The zero-order valence-electron chi connectivity index (χ0n) is 8.31. The van der Waals surface area contributed by atoms with E-state index in [1.54, 1.807) is 0 Å². The number of carbonyl (C=O) groups excluding carboxylic acids is 1. The Hall–Kier alpha value is -0.790. The summed E-state index contributed by atoms with van der Waals surface area (Å²) in [6, 6.07) is 0. The van der Waals surface area contributed by atoms with Crippen molar-refractivity contribution >= 4 is 5.91 Å². The highest BCUT2D eigenvalue weighted by molar-refractivity contribution is 5.87. The molecule has 1 atom stereocenters. The van der Waals surface area contributed by atoms with Crippen LogP contribution in [-0.4, -0.2) is 11.4 Å². The van der Waals surface area contributed by atoms with Gasteiger partial charge in [0.15, 0.2) is 0 Å². The zero-order chi connectivity index (χ0) is 9.61. The molecular weight excluding hydrogens is 150 g/mol. The lowest BCUT2D eigenvalue weighted by atomic mass is 9.93.